The van der Waals surface area contributed by atoms with Crippen LogP contribution in [0.15, 0.2) is 0 Å². The summed E-state index contributed by atoms with van der Waals surface area (Å²) in [6, 6.07) is 0. The Kier molecular flexibility index (Phi) is 27.3. The molecule has 0 aliphatic heterocycles. The molecule has 0 heterocycles. The van der Waals surface area contributed by atoms with E-state index in [9.17, 15) is 0 Å². The molecule has 0 fully saturated rings. The minimum atomic E-state index is -2.17. The van der Waals surface area contributed by atoms with E-state index < -0.39 is 7.32 Å². The first-order valence-electron chi connectivity index (χ1n) is 0.775. The van der Waals surface area contributed by atoms with Crippen molar-refractivity contribution in [3.8, 4) is 0 Å². The topological polar surface area (TPSA) is 60.7 Å². The average molecular weight is 413 g/mol. The van der Waals surface area contributed by atoms with Crippen LogP contribution in [0, 0.1) is 0 Å². The Morgan fingerprint density at radius 2 is 1.17 bits per heavy atom. The van der Waals surface area contributed by atoms with Gasteiger partial charge in [-0.05, 0) is 0 Å². The van der Waals surface area contributed by atoms with Crippen LogP contribution in [-0.2, 0) is 0 Å². The van der Waals surface area contributed by atoms with Gasteiger partial charge in [0.2, 0.25) is 0 Å². The SMILES string of the molecule is OB(O)O.[Ba+2].[BiH3].[H-].[H-]. The van der Waals surface area contributed by atoms with Crippen LogP contribution < -0.4 is 0 Å². The van der Waals surface area contributed by atoms with Crippen molar-refractivity contribution in [3.05, 3.63) is 0 Å². The third-order valence-corrected chi connectivity index (χ3v) is 0. The minimum absolute atomic E-state index is 0. The van der Waals surface area contributed by atoms with Crippen LogP contribution in [0.4, 0.5) is 0 Å². The van der Waals surface area contributed by atoms with Crippen molar-refractivity contribution in [1.82, 2.24) is 0 Å². The summed E-state index contributed by atoms with van der Waals surface area (Å²) < 4.78 is 0. The molecule has 0 aromatic carbocycles. The van der Waals surface area contributed by atoms with Crippen LogP contribution in [0.25, 0.3) is 0 Å². The Labute approximate surface area is 98.5 Å². The summed E-state index contributed by atoms with van der Waals surface area (Å²) in [5, 5.41) is 21.5. The maximum atomic E-state index is 7.17. The van der Waals surface area contributed by atoms with Gasteiger partial charge < -0.3 is 17.9 Å². The van der Waals surface area contributed by atoms with Gasteiger partial charge in [-0.25, -0.2) is 0 Å². The van der Waals surface area contributed by atoms with Gasteiger partial charge in [-0.15, -0.1) is 0 Å². The van der Waals surface area contributed by atoms with E-state index in [1.54, 1.807) is 0 Å². The first-order valence-corrected chi connectivity index (χ1v) is 0.775. The fourth-order valence-corrected chi connectivity index (χ4v) is 0. The maximum absolute atomic E-state index is 7.17. The van der Waals surface area contributed by atoms with Crippen molar-refractivity contribution < 1.29 is 17.9 Å². The van der Waals surface area contributed by atoms with E-state index in [2.05, 4.69) is 0 Å². The summed E-state index contributed by atoms with van der Waals surface area (Å²) in [5.74, 6) is 0. The summed E-state index contributed by atoms with van der Waals surface area (Å²) in [6.07, 6.45) is 0. The van der Waals surface area contributed by atoms with Crippen LogP contribution in [0.3, 0.4) is 0 Å². The van der Waals surface area contributed by atoms with Crippen molar-refractivity contribution in [2.24, 2.45) is 0 Å². The second-order valence-electron chi connectivity index (χ2n) is 0.346. The fraction of sp³-hybridized carbons (Fsp3) is 0. The minimum Gasteiger partial charge on any atom is -1.00 e. The zero-order chi connectivity index (χ0) is 3.58. The molecular formula is H8BBaBiO3. The Hall–Kier alpha value is 2.40. The van der Waals surface area contributed by atoms with Gasteiger partial charge in [0.05, 0.1) is 0 Å². The van der Waals surface area contributed by atoms with Gasteiger partial charge >= 0.3 is 82.4 Å². The zero-order valence-corrected chi connectivity index (χ0v) is 13.3. The number of rotatable bonds is 0. The van der Waals surface area contributed by atoms with E-state index in [4.69, 9.17) is 15.1 Å². The smallest absolute Gasteiger partial charge is 1.00 e. The second kappa shape index (κ2) is 10.4. The first-order chi connectivity index (χ1) is 1.73. The fourth-order valence-electron chi connectivity index (χ4n) is 0. The largest absolute Gasteiger partial charge is 1.00 e. The van der Waals surface area contributed by atoms with E-state index in [0.29, 0.717) is 0 Å². The van der Waals surface area contributed by atoms with Crippen molar-refractivity contribution in [1.29, 1.82) is 0 Å². The van der Waals surface area contributed by atoms with E-state index >= 15 is 0 Å². The van der Waals surface area contributed by atoms with E-state index in [-0.39, 0.29) is 77.9 Å². The van der Waals surface area contributed by atoms with Crippen LogP contribution in [0.2, 0.25) is 0 Å². The molecule has 0 aromatic heterocycles. The molecule has 0 radical (unpaired) electrons. The van der Waals surface area contributed by atoms with Gasteiger partial charge in [0.1, 0.15) is 0 Å². The van der Waals surface area contributed by atoms with E-state index in [0.717, 1.165) is 0 Å². The van der Waals surface area contributed by atoms with Gasteiger partial charge in [0.25, 0.3) is 0 Å². The van der Waals surface area contributed by atoms with Crippen LogP contribution in [0.1, 0.15) is 2.85 Å². The second-order valence-corrected chi connectivity index (χ2v) is 0.346. The van der Waals surface area contributed by atoms with Gasteiger partial charge in [-0.2, -0.15) is 0 Å². The summed E-state index contributed by atoms with van der Waals surface area (Å²) in [4.78, 5) is 0. The monoisotopic (exact) mass is 414 g/mol. The molecule has 0 amide bonds. The quantitative estimate of drug-likeness (QED) is 0.364. The molecule has 0 saturated heterocycles. The Bertz CT molecular complexity index is 22.0. The molecule has 6 heavy (non-hydrogen) atoms. The standard InChI is InChI=1S/BH3O3.Ba.Bi.5H/c2-1(3)4;;;;;;;/h2-4H;;;;;;;/q;+2;;;;;2*-1. The molecule has 36 valence electrons. The summed E-state index contributed by atoms with van der Waals surface area (Å²) in [5.41, 5.74) is 0. The molecule has 3 N–H and O–H groups in total. The first kappa shape index (κ1) is 15.8. The van der Waals surface area contributed by atoms with E-state index in [1.807, 2.05) is 0 Å². The van der Waals surface area contributed by atoms with Gasteiger partial charge in [0.15, 0.2) is 0 Å². The van der Waals surface area contributed by atoms with Crippen molar-refractivity contribution in [2.45, 2.75) is 0 Å². The maximum Gasteiger partial charge on any atom is -1.00 e. The number of hydrogen-bond donors (Lipinski definition) is 3. The third-order valence-electron chi connectivity index (χ3n) is 0. The molecule has 0 spiro atoms. The Morgan fingerprint density at radius 1 is 1.17 bits per heavy atom. The third kappa shape index (κ3) is 32.4. The molecule has 3 nitrogen and oxygen atoms in total. The van der Waals surface area contributed by atoms with Crippen LogP contribution in [-0.4, -0.2) is 97.5 Å². The van der Waals surface area contributed by atoms with Gasteiger partial charge in [-0.1, -0.05) is 0 Å². The molecule has 0 aliphatic carbocycles. The molecular weight excluding hydrogens is 405 g/mol. The van der Waals surface area contributed by atoms with E-state index in [1.165, 1.54) is 0 Å². The molecule has 6 heteroatoms. The molecule has 0 atom stereocenters. The molecule has 0 rings (SSSR count). The molecule has 0 unspecified atom stereocenters. The van der Waals surface area contributed by atoms with Crippen LogP contribution in [0.5, 0.6) is 0 Å². The molecule has 0 bridgehead atoms. The number of hydrogen-bond acceptors (Lipinski definition) is 3. The Morgan fingerprint density at radius 3 is 1.17 bits per heavy atom. The summed E-state index contributed by atoms with van der Waals surface area (Å²) in [7, 11) is -2.17. The summed E-state index contributed by atoms with van der Waals surface area (Å²) in [6.45, 7) is 0. The molecule has 0 saturated carbocycles. The zero-order valence-electron chi connectivity index (χ0n) is 5.33. The van der Waals surface area contributed by atoms with Crippen molar-refractivity contribution >= 4 is 82.4 Å². The van der Waals surface area contributed by atoms with Gasteiger partial charge in [-0.3, -0.25) is 0 Å². The van der Waals surface area contributed by atoms with Crippen molar-refractivity contribution in [3.63, 3.8) is 0 Å². The normalized spacial score (nSPS) is 4.50. The van der Waals surface area contributed by atoms with Crippen molar-refractivity contribution in [2.75, 3.05) is 0 Å². The van der Waals surface area contributed by atoms with Crippen LogP contribution >= 0.6 is 0 Å². The predicted molar refractivity (Wildman–Crippen MR) is 30.3 cm³/mol. The Balaban J connectivity index is -0.00000000750. The van der Waals surface area contributed by atoms with Gasteiger partial charge in [0, 0.05) is 0 Å². The molecule has 0 aliphatic rings. The molecule has 0 aromatic rings. The average Bonchev–Trinajstić information content (AvgIpc) is 0.811. The predicted octanol–water partition coefficient (Wildman–Crippen LogP) is -3.39. The summed E-state index contributed by atoms with van der Waals surface area (Å²) >= 11 is 0.